The molecule has 4 rings (SSSR count). The number of anilines is 2. The average Bonchev–Trinajstić information content (AvgIpc) is 3.35. The maximum absolute atomic E-state index is 13.0. The van der Waals surface area contributed by atoms with Crippen LogP contribution in [0.5, 0.6) is 0 Å². The van der Waals surface area contributed by atoms with Crippen molar-refractivity contribution in [2.24, 2.45) is 0 Å². The summed E-state index contributed by atoms with van der Waals surface area (Å²) in [5, 5.41) is 12.8. The molecule has 0 spiro atoms. The Labute approximate surface area is 173 Å². The third-order valence-electron chi connectivity index (χ3n) is 4.95. The zero-order valence-corrected chi connectivity index (χ0v) is 16.9. The predicted molar refractivity (Wildman–Crippen MR) is 116 cm³/mol. The molecule has 1 N–H and O–H groups in total. The Morgan fingerprint density at radius 2 is 1.66 bits per heavy atom. The van der Waals surface area contributed by atoms with Crippen molar-refractivity contribution in [1.82, 2.24) is 0 Å². The Morgan fingerprint density at radius 3 is 2.24 bits per heavy atom. The molecule has 1 unspecified atom stereocenters. The van der Waals surface area contributed by atoms with Crippen LogP contribution in [0.15, 0.2) is 77.7 Å². The van der Waals surface area contributed by atoms with Gasteiger partial charge in [-0.1, -0.05) is 36.4 Å². The molecule has 0 radical (unpaired) electrons. The van der Waals surface area contributed by atoms with Gasteiger partial charge in [0.2, 0.25) is 0 Å². The van der Waals surface area contributed by atoms with Gasteiger partial charge in [-0.15, -0.1) is 11.3 Å². The highest BCUT2D eigenvalue weighted by Crippen LogP contribution is 2.43. The van der Waals surface area contributed by atoms with Crippen molar-refractivity contribution in [3.8, 4) is 0 Å². The highest BCUT2D eigenvalue weighted by atomic mass is 32.1. The molecule has 1 saturated heterocycles. The van der Waals surface area contributed by atoms with Crippen LogP contribution >= 0.6 is 11.3 Å². The molecular weight excluding hydrogens is 384 g/mol. The zero-order chi connectivity index (χ0) is 20.5. The summed E-state index contributed by atoms with van der Waals surface area (Å²) in [7, 11) is 3.87. The van der Waals surface area contributed by atoms with Gasteiger partial charge < -0.3 is 10.0 Å². The van der Waals surface area contributed by atoms with Gasteiger partial charge in [0.25, 0.3) is 11.7 Å². The smallest absolute Gasteiger partial charge is 0.300 e. The van der Waals surface area contributed by atoms with Gasteiger partial charge in [-0.25, -0.2) is 0 Å². The molecule has 0 aliphatic carbocycles. The number of Topliss-reactive ketones (excluding diaryl/α,β-unsaturated/α-hetero) is 1. The van der Waals surface area contributed by atoms with E-state index in [-0.39, 0.29) is 11.3 Å². The van der Waals surface area contributed by atoms with Crippen LogP contribution in [0, 0.1) is 0 Å². The van der Waals surface area contributed by atoms with Gasteiger partial charge in [0, 0.05) is 35.9 Å². The van der Waals surface area contributed by atoms with Crippen molar-refractivity contribution in [3.05, 3.63) is 88.1 Å². The molecule has 1 aromatic heterocycles. The second-order valence-electron chi connectivity index (χ2n) is 6.96. The molecule has 146 valence electrons. The van der Waals surface area contributed by atoms with Crippen LogP contribution in [-0.2, 0) is 9.59 Å². The number of carbonyl (C=O) groups excluding carboxylic acids is 2. The van der Waals surface area contributed by atoms with E-state index in [0.29, 0.717) is 11.3 Å². The number of hydrogen-bond donors (Lipinski definition) is 1. The molecule has 1 aliphatic heterocycles. The SMILES string of the molecule is CN(C)c1ccc(N2C(=O)C(=O)/C(=C(\O)c3ccccc3)C2c2cccs2)cc1. The van der Waals surface area contributed by atoms with Gasteiger partial charge in [-0.3, -0.25) is 14.5 Å². The van der Waals surface area contributed by atoms with E-state index in [0.717, 1.165) is 10.6 Å². The summed E-state index contributed by atoms with van der Waals surface area (Å²) < 4.78 is 0. The van der Waals surface area contributed by atoms with E-state index in [1.807, 2.05) is 66.8 Å². The largest absolute Gasteiger partial charge is 0.507 e. The lowest BCUT2D eigenvalue weighted by atomic mass is 10.00. The van der Waals surface area contributed by atoms with Crippen LogP contribution in [-0.4, -0.2) is 30.9 Å². The third-order valence-corrected chi connectivity index (χ3v) is 5.87. The molecule has 0 bridgehead atoms. The van der Waals surface area contributed by atoms with E-state index < -0.39 is 17.7 Å². The number of thiophene rings is 1. The number of benzene rings is 2. The lowest BCUT2D eigenvalue weighted by Gasteiger charge is -2.25. The van der Waals surface area contributed by atoms with Crippen molar-refractivity contribution >= 4 is 40.2 Å². The molecule has 2 aromatic carbocycles. The number of hydrogen-bond acceptors (Lipinski definition) is 5. The van der Waals surface area contributed by atoms with Crippen LogP contribution in [0.25, 0.3) is 5.76 Å². The summed E-state index contributed by atoms with van der Waals surface area (Å²) in [4.78, 5) is 30.2. The van der Waals surface area contributed by atoms with Crippen molar-refractivity contribution in [2.75, 3.05) is 23.9 Å². The standard InChI is InChI=1S/C23H20N2O3S/c1-24(2)16-10-12-17(13-11-16)25-20(18-9-6-14-29-18)19(22(27)23(25)28)21(26)15-7-4-3-5-8-15/h3-14,20,26H,1-2H3/b21-19-. The monoisotopic (exact) mass is 404 g/mol. The van der Waals surface area contributed by atoms with E-state index >= 15 is 0 Å². The molecule has 0 saturated carbocycles. The minimum Gasteiger partial charge on any atom is -0.507 e. The third kappa shape index (κ3) is 3.32. The second-order valence-corrected chi connectivity index (χ2v) is 7.94. The van der Waals surface area contributed by atoms with Gasteiger partial charge in [0.15, 0.2) is 0 Å². The molecule has 2 heterocycles. The topological polar surface area (TPSA) is 60.9 Å². The minimum atomic E-state index is -0.679. The van der Waals surface area contributed by atoms with E-state index in [9.17, 15) is 14.7 Å². The van der Waals surface area contributed by atoms with Gasteiger partial charge in [-0.05, 0) is 35.7 Å². The predicted octanol–water partition coefficient (Wildman–Crippen LogP) is 4.44. The summed E-state index contributed by atoms with van der Waals surface area (Å²) >= 11 is 1.45. The Hall–Kier alpha value is -3.38. The number of aliphatic hydroxyl groups is 1. The molecular formula is C23H20N2O3S. The van der Waals surface area contributed by atoms with E-state index in [1.165, 1.54) is 16.2 Å². The Bertz CT molecular complexity index is 1070. The minimum absolute atomic E-state index is 0.111. The number of ketones is 1. The summed E-state index contributed by atoms with van der Waals surface area (Å²) in [6, 6.07) is 19.4. The Morgan fingerprint density at radius 1 is 0.966 bits per heavy atom. The van der Waals surface area contributed by atoms with Crippen molar-refractivity contribution in [3.63, 3.8) is 0 Å². The first-order valence-electron chi connectivity index (χ1n) is 9.16. The number of nitrogens with zero attached hydrogens (tertiary/aromatic N) is 2. The molecule has 1 atom stereocenters. The van der Waals surface area contributed by atoms with E-state index in [2.05, 4.69) is 0 Å². The first-order chi connectivity index (χ1) is 14.0. The molecule has 3 aromatic rings. The highest BCUT2D eigenvalue weighted by molar-refractivity contribution is 7.10. The van der Waals surface area contributed by atoms with Gasteiger partial charge >= 0.3 is 0 Å². The van der Waals surface area contributed by atoms with Crippen LogP contribution in [0.1, 0.15) is 16.5 Å². The lowest BCUT2D eigenvalue weighted by molar-refractivity contribution is -0.132. The molecule has 6 heteroatoms. The van der Waals surface area contributed by atoms with Crippen molar-refractivity contribution < 1.29 is 14.7 Å². The summed E-state index contributed by atoms with van der Waals surface area (Å²) in [6.45, 7) is 0. The number of carbonyl (C=O) groups is 2. The molecule has 1 amide bonds. The molecule has 5 nitrogen and oxygen atoms in total. The fourth-order valence-corrected chi connectivity index (χ4v) is 4.30. The lowest BCUT2D eigenvalue weighted by Crippen LogP contribution is -2.29. The highest BCUT2D eigenvalue weighted by Gasteiger charge is 2.47. The first-order valence-corrected chi connectivity index (χ1v) is 10.0. The zero-order valence-electron chi connectivity index (χ0n) is 16.1. The van der Waals surface area contributed by atoms with Crippen molar-refractivity contribution in [1.29, 1.82) is 0 Å². The van der Waals surface area contributed by atoms with Crippen LogP contribution in [0.3, 0.4) is 0 Å². The van der Waals surface area contributed by atoms with E-state index in [4.69, 9.17) is 0 Å². The van der Waals surface area contributed by atoms with Gasteiger partial charge in [-0.2, -0.15) is 0 Å². The van der Waals surface area contributed by atoms with Crippen molar-refractivity contribution in [2.45, 2.75) is 6.04 Å². The Kier molecular flexibility index (Phi) is 4.94. The average molecular weight is 404 g/mol. The normalized spacial score (nSPS) is 18.3. The van der Waals surface area contributed by atoms with Crippen LogP contribution in [0.4, 0.5) is 11.4 Å². The number of rotatable bonds is 4. The van der Waals surface area contributed by atoms with Crippen LogP contribution < -0.4 is 9.80 Å². The number of amides is 1. The molecule has 1 aliphatic rings. The van der Waals surface area contributed by atoms with Gasteiger partial charge in [0.05, 0.1) is 5.57 Å². The van der Waals surface area contributed by atoms with Gasteiger partial charge in [0.1, 0.15) is 11.8 Å². The maximum atomic E-state index is 13.0. The summed E-state index contributed by atoms with van der Waals surface area (Å²) in [6.07, 6.45) is 0. The van der Waals surface area contributed by atoms with E-state index in [1.54, 1.807) is 24.3 Å². The summed E-state index contributed by atoms with van der Waals surface area (Å²) in [5.41, 5.74) is 2.22. The second kappa shape index (κ2) is 7.56. The fourth-order valence-electron chi connectivity index (χ4n) is 3.48. The summed E-state index contributed by atoms with van der Waals surface area (Å²) in [5.74, 6) is -1.48. The molecule has 1 fully saturated rings. The number of aliphatic hydroxyl groups excluding tert-OH is 1. The fraction of sp³-hybridized carbons (Fsp3) is 0.130. The Balaban J connectivity index is 1.88. The maximum Gasteiger partial charge on any atom is 0.300 e. The van der Waals surface area contributed by atoms with Crippen LogP contribution in [0.2, 0.25) is 0 Å². The molecule has 29 heavy (non-hydrogen) atoms. The quantitative estimate of drug-likeness (QED) is 0.397. The first kappa shape index (κ1) is 19.0.